The van der Waals surface area contributed by atoms with Crippen LogP contribution in [0.3, 0.4) is 0 Å². The van der Waals surface area contributed by atoms with Crippen LogP contribution in [-0.4, -0.2) is 10.5 Å². The Bertz CT molecular complexity index is 3.25. The van der Waals surface area contributed by atoms with Crippen LogP contribution in [0.15, 0.2) is 0 Å². The maximum absolute atomic E-state index is 6.00. The largest absolute Gasteiger partial charge is 2.00 e. The van der Waals surface area contributed by atoms with Crippen molar-refractivity contribution in [3.63, 3.8) is 0 Å². The smallest absolute Gasteiger partial charge is 2.00 e. The van der Waals surface area contributed by atoms with Gasteiger partial charge in [0.15, 0.2) is 0 Å². The first kappa shape index (κ1) is 24.5. The minimum Gasteiger partial charge on any atom is -2.00 e. The van der Waals surface area contributed by atoms with E-state index in [1.165, 1.54) is 0 Å². The van der Waals surface area contributed by atoms with Crippen molar-refractivity contribution in [1.82, 2.24) is 0 Å². The fraction of sp³-hybridized carbons (Fsp3) is 0. The molecule has 22 valence electrons. The van der Waals surface area contributed by atoms with Crippen LogP contribution in [0, 0.1) is 0 Å². The summed E-state index contributed by atoms with van der Waals surface area (Å²) < 4.78 is 0. The van der Waals surface area contributed by atoms with Gasteiger partial charge >= 0.3 is 19.5 Å². The summed E-state index contributed by atoms with van der Waals surface area (Å²) in [6.07, 6.45) is 0. The molecule has 0 fully saturated rings. The molecule has 3 nitrogen and oxygen atoms in total. The van der Waals surface area contributed by atoms with Crippen molar-refractivity contribution < 1.29 is 35.5 Å². The number of hydrogen-bond acceptors (Lipinski definition) is 2. The van der Waals surface area contributed by atoms with Crippen molar-refractivity contribution in [2.45, 2.75) is 0 Å². The molecule has 0 radical (unpaired) electrons. The van der Waals surface area contributed by atoms with Crippen LogP contribution >= 0.6 is 0 Å². The molecule has 0 saturated heterocycles. The minimum atomic E-state index is 0. The van der Waals surface area contributed by atoms with E-state index in [0.717, 1.165) is 0 Å². The molecule has 0 spiro atoms. The van der Waals surface area contributed by atoms with E-state index in [-0.39, 0.29) is 25.0 Å². The molecule has 0 aromatic heterocycles. The van der Waals surface area contributed by atoms with Gasteiger partial charge in [0.25, 0.3) is 0 Å². The summed E-state index contributed by atoms with van der Waals surface area (Å²) in [4.78, 5) is 0. The van der Waals surface area contributed by atoms with Crippen molar-refractivity contribution in [3.8, 4) is 0 Å². The zero-order chi connectivity index (χ0) is 2.00. The number of rotatable bonds is 0. The summed E-state index contributed by atoms with van der Waals surface area (Å²) in [7, 11) is 0. The zero-order valence-electron chi connectivity index (χ0n) is 2.01. The van der Waals surface area contributed by atoms with Gasteiger partial charge in [-0.05, 0) is 0 Å². The predicted molar refractivity (Wildman–Crippen MR) is 5.94 cm³/mol. The molecular formula is H2O3Zn. The van der Waals surface area contributed by atoms with Gasteiger partial charge in [-0.2, -0.15) is 0 Å². The maximum atomic E-state index is 6.00. The molecule has 0 unspecified atom stereocenters. The molecule has 0 aromatic rings. The van der Waals surface area contributed by atoms with Gasteiger partial charge in [0.2, 0.25) is 0 Å². The quantitative estimate of drug-likeness (QED) is 0.263. The van der Waals surface area contributed by atoms with E-state index < -0.39 is 0 Å². The minimum absolute atomic E-state index is 0. The summed E-state index contributed by atoms with van der Waals surface area (Å²) in [6, 6.07) is 0. The van der Waals surface area contributed by atoms with Gasteiger partial charge in [-0.1, -0.05) is 0 Å². The van der Waals surface area contributed by atoms with Gasteiger partial charge in [0.1, 0.15) is 0 Å². The Labute approximate surface area is 36.3 Å². The second-order valence-electron chi connectivity index (χ2n) is 0. The summed E-state index contributed by atoms with van der Waals surface area (Å²) in [6.45, 7) is 0. The predicted octanol–water partition coefficient (Wildman–Crippen LogP) is -0.104. The fourth-order valence-corrected chi connectivity index (χ4v) is 0. The van der Waals surface area contributed by atoms with E-state index in [4.69, 9.17) is 10.5 Å². The van der Waals surface area contributed by atoms with Gasteiger partial charge in [-0.15, -0.1) is 0 Å². The average molecular weight is 115 g/mol. The molecule has 0 aliphatic heterocycles. The molecule has 0 aliphatic carbocycles. The standard InChI is InChI=1S/H2O2.O.Zn/c1-2;;/h1-2H;;/q;-2;+2. The third-order valence-corrected chi connectivity index (χ3v) is 0. The van der Waals surface area contributed by atoms with Crippen molar-refractivity contribution in [2.75, 3.05) is 0 Å². The Balaban J connectivity index is -0.00000000500. The zero-order valence-corrected chi connectivity index (χ0v) is 4.98. The Hall–Kier alpha value is 0.503. The Morgan fingerprint density at radius 2 is 1.00 bits per heavy atom. The second-order valence-corrected chi connectivity index (χ2v) is 0. The third kappa shape index (κ3) is 22.3. The summed E-state index contributed by atoms with van der Waals surface area (Å²) in [5.41, 5.74) is 0. The number of hydrogen-bond donors (Lipinski definition) is 2. The molecule has 4 heteroatoms. The first-order valence-corrected chi connectivity index (χ1v) is 0.200. The molecule has 0 saturated carbocycles. The van der Waals surface area contributed by atoms with Crippen molar-refractivity contribution >= 4 is 0 Å². The Morgan fingerprint density at radius 1 is 1.00 bits per heavy atom. The van der Waals surface area contributed by atoms with E-state index in [9.17, 15) is 0 Å². The monoisotopic (exact) mass is 114 g/mol. The average Bonchev–Trinajstić information content (AvgIpc) is 1.00. The first-order chi connectivity index (χ1) is 1.00. The third-order valence-electron chi connectivity index (χ3n) is 0. The molecule has 0 rings (SSSR count). The van der Waals surface area contributed by atoms with Gasteiger partial charge < -0.3 is 5.48 Å². The molecule has 0 aromatic carbocycles. The topological polar surface area (TPSA) is 69.0 Å². The van der Waals surface area contributed by atoms with Crippen molar-refractivity contribution in [2.24, 2.45) is 0 Å². The molecule has 0 atom stereocenters. The second kappa shape index (κ2) is 86.6. The van der Waals surface area contributed by atoms with Crippen LogP contribution in [0.4, 0.5) is 0 Å². The molecule has 4 heavy (non-hydrogen) atoms. The van der Waals surface area contributed by atoms with Crippen LogP contribution in [-0.2, 0) is 25.0 Å². The Kier molecular flexibility index (Phi) is 530. The normalized spacial score (nSPS) is 1.50. The van der Waals surface area contributed by atoms with Crippen LogP contribution < -0.4 is 0 Å². The molecule has 0 amide bonds. The van der Waals surface area contributed by atoms with Gasteiger partial charge in [0, 0.05) is 0 Å². The van der Waals surface area contributed by atoms with E-state index in [0.29, 0.717) is 0 Å². The van der Waals surface area contributed by atoms with Crippen LogP contribution in [0.5, 0.6) is 0 Å². The molecule has 0 bridgehead atoms. The van der Waals surface area contributed by atoms with E-state index in [2.05, 4.69) is 0 Å². The first-order valence-electron chi connectivity index (χ1n) is 0.200. The molecule has 2 N–H and O–H groups in total. The fourth-order valence-electron chi connectivity index (χ4n) is 0. The van der Waals surface area contributed by atoms with Gasteiger partial charge in [-0.25, -0.2) is 0 Å². The summed E-state index contributed by atoms with van der Waals surface area (Å²) in [5.74, 6) is 0. The Morgan fingerprint density at radius 3 is 1.00 bits per heavy atom. The maximum Gasteiger partial charge on any atom is 2.00 e. The summed E-state index contributed by atoms with van der Waals surface area (Å²) in [5, 5.41) is 12.0. The van der Waals surface area contributed by atoms with Crippen molar-refractivity contribution in [1.29, 1.82) is 0 Å². The molecule has 0 heterocycles. The van der Waals surface area contributed by atoms with Crippen LogP contribution in [0.25, 0.3) is 0 Å². The summed E-state index contributed by atoms with van der Waals surface area (Å²) >= 11 is 0. The van der Waals surface area contributed by atoms with E-state index in [1.54, 1.807) is 0 Å². The van der Waals surface area contributed by atoms with Crippen LogP contribution in [0.1, 0.15) is 0 Å². The molecular weight excluding hydrogens is 113 g/mol. The van der Waals surface area contributed by atoms with E-state index >= 15 is 0 Å². The van der Waals surface area contributed by atoms with Gasteiger partial charge in [-0.3, -0.25) is 10.5 Å². The van der Waals surface area contributed by atoms with E-state index in [1.807, 2.05) is 0 Å². The van der Waals surface area contributed by atoms with Crippen LogP contribution in [0.2, 0.25) is 0 Å². The van der Waals surface area contributed by atoms with Crippen molar-refractivity contribution in [3.05, 3.63) is 0 Å². The molecule has 0 aliphatic rings. The van der Waals surface area contributed by atoms with Gasteiger partial charge in [0.05, 0.1) is 0 Å². The SMILES string of the molecule is OO.[O-2].[Zn+2].